The van der Waals surface area contributed by atoms with Crippen LogP contribution in [0.3, 0.4) is 0 Å². The molecule has 5 heteroatoms. The molecule has 0 aliphatic heterocycles. The smallest absolute Gasteiger partial charge is 0.251 e. The average molecular weight is 312 g/mol. The molecule has 0 atom stereocenters. The van der Waals surface area contributed by atoms with E-state index in [2.05, 4.69) is 10.6 Å². The van der Waals surface area contributed by atoms with Crippen LogP contribution >= 0.6 is 0 Å². The van der Waals surface area contributed by atoms with Gasteiger partial charge in [-0.15, -0.1) is 0 Å². The van der Waals surface area contributed by atoms with Gasteiger partial charge < -0.3 is 15.4 Å². The second kappa shape index (κ2) is 8.58. The summed E-state index contributed by atoms with van der Waals surface area (Å²) in [5.41, 5.74) is 1.65. The maximum atomic E-state index is 11.8. The van der Waals surface area contributed by atoms with Gasteiger partial charge in [0.2, 0.25) is 5.91 Å². The van der Waals surface area contributed by atoms with Crippen molar-refractivity contribution in [3.05, 3.63) is 65.7 Å². The highest BCUT2D eigenvalue weighted by Gasteiger charge is 2.07. The van der Waals surface area contributed by atoms with Crippen LogP contribution in [0.2, 0.25) is 0 Å². The van der Waals surface area contributed by atoms with Crippen molar-refractivity contribution < 1.29 is 14.3 Å². The molecule has 0 heterocycles. The molecule has 2 rings (SSSR count). The minimum atomic E-state index is -0.254. The molecule has 0 spiro atoms. The lowest BCUT2D eigenvalue weighted by Gasteiger charge is -2.07. The van der Waals surface area contributed by atoms with Crippen molar-refractivity contribution in [2.75, 3.05) is 20.2 Å². The maximum Gasteiger partial charge on any atom is 0.251 e. The van der Waals surface area contributed by atoms with Gasteiger partial charge in [-0.3, -0.25) is 9.59 Å². The van der Waals surface area contributed by atoms with Gasteiger partial charge in [0, 0.05) is 12.1 Å². The van der Waals surface area contributed by atoms with Crippen molar-refractivity contribution in [1.29, 1.82) is 0 Å². The highest BCUT2D eigenvalue weighted by atomic mass is 16.5. The fraction of sp³-hybridized carbons (Fsp3) is 0.222. The van der Waals surface area contributed by atoms with Gasteiger partial charge in [0.1, 0.15) is 5.75 Å². The zero-order valence-corrected chi connectivity index (χ0v) is 13.0. The topological polar surface area (TPSA) is 67.4 Å². The number of carbonyl (C=O) groups excluding carboxylic acids is 2. The first-order valence-electron chi connectivity index (χ1n) is 7.42. The van der Waals surface area contributed by atoms with Crippen LogP contribution in [-0.4, -0.2) is 32.0 Å². The number of hydrogen-bond donors (Lipinski definition) is 2. The zero-order valence-electron chi connectivity index (χ0n) is 13.0. The number of rotatable bonds is 7. The van der Waals surface area contributed by atoms with Crippen LogP contribution in [0.15, 0.2) is 54.6 Å². The minimum absolute atomic E-state index is 0.0314. The fourth-order valence-electron chi connectivity index (χ4n) is 2.05. The second-order valence-corrected chi connectivity index (χ2v) is 5.00. The quantitative estimate of drug-likeness (QED) is 0.819. The number of nitrogens with one attached hydrogen (secondary N) is 2. The van der Waals surface area contributed by atoms with Crippen molar-refractivity contribution in [3.8, 4) is 5.75 Å². The first kappa shape index (κ1) is 16.5. The Bertz CT molecular complexity index is 639. The third-order valence-corrected chi connectivity index (χ3v) is 3.34. The molecule has 0 saturated carbocycles. The van der Waals surface area contributed by atoms with Crippen LogP contribution in [0.5, 0.6) is 5.75 Å². The summed E-state index contributed by atoms with van der Waals surface area (Å²) in [5.74, 6) is 0.347. The predicted molar refractivity (Wildman–Crippen MR) is 88.5 cm³/mol. The average Bonchev–Trinajstić information content (AvgIpc) is 2.61. The monoisotopic (exact) mass is 312 g/mol. The van der Waals surface area contributed by atoms with Gasteiger partial charge in [-0.2, -0.15) is 0 Å². The van der Waals surface area contributed by atoms with Gasteiger partial charge in [-0.05, 0) is 36.2 Å². The highest BCUT2D eigenvalue weighted by Crippen LogP contribution is 2.11. The summed E-state index contributed by atoms with van der Waals surface area (Å²) in [6.07, 6.45) is 0.725. The van der Waals surface area contributed by atoms with Crippen LogP contribution < -0.4 is 15.4 Å². The molecule has 0 saturated heterocycles. The molecular weight excluding hydrogens is 292 g/mol. The lowest BCUT2D eigenvalue weighted by Crippen LogP contribution is -2.37. The maximum absolute atomic E-state index is 11.8. The molecule has 120 valence electrons. The Morgan fingerprint density at radius 3 is 2.30 bits per heavy atom. The summed E-state index contributed by atoms with van der Waals surface area (Å²) in [5, 5.41) is 5.38. The summed E-state index contributed by atoms with van der Waals surface area (Å²) in [6, 6.07) is 16.5. The van der Waals surface area contributed by atoms with E-state index in [0.29, 0.717) is 12.1 Å². The molecule has 0 aliphatic carbocycles. The van der Waals surface area contributed by atoms with E-state index in [0.717, 1.165) is 17.7 Å². The van der Waals surface area contributed by atoms with E-state index in [1.54, 1.807) is 31.4 Å². The standard InChI is InChI=1S/C18H20N2O3/c1-23-16-9-7-14(8-10-16)11-12-19-17(21)13-20-18(22)15-5-3-2-4-6-15/h2-10H,11-13H2,1H3,(H,19,21)(H,20,22). The van der Waals surface area contributed by atoms with Crippen LogP contribution in [0.25, 0.3) is 0 Å². The molecule has 23 heavy (non-hydrogen) atoms. The van der Waals surface area contributed by atoms with Crippen molar-refractivity contribution in [2.24, 2.45) is 0 Å². The van der Waals surface area contributed by atoms with Crippen molar-refractivity contribution in [3.63, 3.8) is 0 Å². The molecule has 0 radical (unpaired) electrons. The fourth-order valence-corrected chi connectivity index (χ4v) is 2.05. The van der Waals surface area contributed by atoms with Crippen molar-refractivity contribution in [2.45, 2.75) is 6.42 Å². The highest BCUT2D eigenvalue weighted by molar-refractivity contribution is 5.96. The molecule has 0 fully saturated rings. The number of amides is 2. The van der Waals surface area contributed by atoms with Crippen molar-refractivity contribution in [1.82, 2.24) is 10.6 Å². The van der Waals surface area contributed by atoms with E-state index in [-0.39, 0.29) is 18.4 Å². The summed E-state index contributed by atoms with van der Waals surface area (Å²) in [6.45, 7) is 0.489. The number of carbonyl (C=O) groups is 2. The van der Waals surface area contributed by atoms with E-state index >= 15 is 0 Å². The Morgan fingerprint density at radius 2 is 1.65 bits per heavy atom. The Morgan fingerprint density at radius 1 is 0.957 bits per heavy atom. The molecule has 0 aromatic heterocycles. The predicted octanol–water partition coefficient (Wildman–Crippen LogP) is 1.78. The minimum Gasteiger partial charge on any atom is -0.497 e. The number of hydrogen-bond acceptors (Lipinski definition) is 3. The lowest BCUT2D eigenvalue weighted by atomic mass is 10.1. The van der Waals surface area contributed by atoms with Gasteiger partial charge in [0.05, 0.1) is 13.7 Å². The zero-order chi connectivity index (χ0) is 16.5. The van der Waals surface area contributed by atoms with E-state index in [4.69, 9.17) is 4.74 Å². The molecule has 2 aromatic carbocycles. The molecule has 0 aliphatic rings. The molecule has 5 nitrogen and oxygen atoms in total. The second-order valence-electron chi connectivity index (χ2n) is 5.00. The normalized spacial score (nSPS) is 9.96. The first-order chi connectivity index (χ1) is 11.2. The van der Waals surface area contributed by atoms with Crippen LogP contribution in [0.1, 0.15) is 15.9 Å². The molecule has 2 N–H and O–H groups in total. The van der Waals surface area contributed by atoms with Crippen LogP contribution in [0, 0.1) is 0 Å². The van der Waals surface area contributed by atoms with Gasteiger partial charge in [-0.25, -0.2) is 0 Å². The van der Waals surface area contributed by atoms with Crippen LogP contribution in [0.4, 0.5) is 0 Å². The largest absolute Gasteiger partial charge is 0.497 e. The first-order valence-corrected chi connectivity index (χ1v) is 7.42. The van der Waals surface area contributed by atoms with E-state index in [1.807, 2.05) is 30.3 Å². The Kier molecular flexibility index (Phi) is 6.17. The molecular formula is C18H20N2O3. The van der Waals surface area contributed by atoms with Gasteiger partial charge in [0.25, 0.3) is 5.91 Å². The van der Waals surface area contributed by atoms with E-state index in [9.17, 15) is 9.59 Å². The Balaban J connectivity index is 1.67. The number of benzene rings is 2. The Hall–Kier alpha value is -2.82. The van der Waals surface area contributed by atoms with Gasteiger partial charge in [-0.1, -0.05) is 30.3 Å². The number of ether oxygens (including phenoxy) is 1. The van der Waals surface area contributed by atoms with E-state index in [1.165, 1.54) is 0 Å². The van der Waals surface area contributed by atoms with Gasteiger partial charge >= 0.3 is 0 Å². The van der Waals surface area contributed by atoms with Crippen LogP contribution in [-0.2, 0) is 11.2 Å². The van der Waals surface area contributed by atoms with Gasteiger partial charge in [0.15, 0.2) is 0 Å². The number of methoxy groups -OCH3 is 1. The molecule has 2 amide bonds. The third-order valence-electron chi connectivity index (χ3n) is 3.34. The summed E-state index contributed by atoms with van der Waals surface area (Å²) >= 11 is 0. The molecule has 2 aromatic rings. The summed E-state index contributed by atoms with van der Waals surface area (Å²) in [7, 11) is 1.62. The Labute approximate surface area is 135 Å². The lowest BCUT2D eigenvalue weighted by molar-refractivity contribution is -0.120. The molecule has 0 unspecified atom stereocenters. The summed E-state index contributed by atoms with van der Waals surface area (Å²) in [4.78, 5) is 23.5. The van der Waals surface area contributed by atoms with Crippen molar-refractivity contribution >= 4 is 11.8 Å². The van der Waals surface area contributed by atoms with E-state index < -0.39 is 0 Å². The third kappa shape index (κ3) is 5.47. The SMILES string of the molecule is COc1ccc(CCNC(=O)CNC(=O)c2ccccc2)cc1. The molecule has 0 bridgehead atoms. The summed E-state index contributed by atoms with van der Waals surface area (Å²) < 4.78 is 5.09.